The van der Waals surface area contributed by atoms with Gasteiger partial charge in [0.15, 0.2) is 5.96 Å². The number of aliphatic imine (C=N–C) groups is 1. The number of hydrogen-bond acceptors (Lipinski definition) is 2. The maximum Gasteiger partial charge on any atom is 0.191 e. The van der Waals surface area contributed by atoms with Crippen molar-refractivity contribution >= 4 is 41.3 Å². The number of benzene rings is 1. The Morgan fingerprint density at radius 3 is 2.48 bits per heavy atom. The molecule has 0 radical (unpaired) electrons. The van der Waals surface area contributed by atoms with Crippen molar-refractivity contribution < 1.29 is 8.78 Å². The third-order valence-electron chi connectivity index (χ3n) is 3.05. The molecule has 1 aromatic heterocycles. The molecule has 7 heteroatoms. The summed E-state index contributed by atoms with van der Waals surface area (Å²) >= 11 is 1.65. The van der Waals surface area contributed by atoms with Crippen molar-refractivity contribution in [2.24, 2.45) is 4.99 Å². The van der Waals surface area contributed by atoms with Crippen LogP contribution in [0.1, 0.15) is 17.4 Å². The minimum absolute atomic E-state index is 0. The Labute approximate surface area is 156 Å². The lowest BCUT2D eigenvalue weighted by atomic mass is 10.1. The predicted octanol–water partition coefficient (Wildman–Crippen LogP) is 3.94. The van der Waals surface area contributed by atoms with Crippen molar-refractivity contribution in [1.29, 1.82) is 0 Å². The Kier molecular flexibility index (Phi) is 9.08. The van der Waals surface area contributed by atoms with Crippen LogP contribution in [0, 0.1) is 11.6 Å². The highest BCUT2D eigenvalue weighted by Crippen LogP contribution is 2.12. The van der Waals surface area contributed by atoms with E-state index in [1.165, 1.54) is 18.2 Å². The van der Waals surface area contributed by atoms with Crippen LogP contribution in [-0.4, -0.2) is 19.0 Å². The molecular formula is C16H20F2IN3S. The van der Waals surface area contributed by atoms with Gasteiger partial charge in [-0.2, -0.15) is 0 Å². The highest BCUT2D eigenvalue weighted by atomic mass is 127. The first kappa shape index (κ1) is 19.8. The highest BCUT2D eigenvalue weighted by Gasteiger charge is 2.08. The molecule has 2 rings (SSSR count). The molecule has 0 bridgehead atoms. The average molecular weight is 451 g/mol. The Morgan fingerprint density at radius 1 is 1.13 bits per heavy atom. The maximum atomic E-state index is 13.5. The lowest BCUT2D eigenvalue weighted by Crippen LogP contribution is -2.38. The lowest BCUT2D eigenvalue weighted by Gasteiger charge is -2.11. The largest absolute Gasteiger partial charge is 0.357 e. The van der Waals surface area contributed by atoms with Crippen LogP contribution in [0.15, 0.2) is 40.7 Å². The first-order chi connectivity index (χ1) is 10.7. The monoisotopic (exact) mass is 451 g/mol. The normalized spacial score (nSPS) is 11.0. The van der Waals surface area contributed by atoms with Gasteiger partial charge in [0.05, 0.1) is 6.54 Å². The average Bonchev–Trinajstić information content (AvgIpc) is 3.01. The molecule has 23 heavy (non-hydrogen) atoms. The number of rotatable bonds is 6. The second-order valence-electron chi connectivity index (χ2n) is 4.65. The number of hydrogen-bond donors (Lipinski definition) is 2. The molecule has 0 aliphatic heterocycles. The molecule has 0 aliphatic rings. The molecule has 0 fully saturated rings. The van der Waals surface area contributed by atoms with E-state index in [1.807, 2.05) is 24.4 Å². The van der Waals surface area contributed by atoms with Gasteiger partial charge in [0.1, 0.15) is 11.6 Å². The van der Waals surface area contributed by atoms with Crippen LogP contribution in [0.4, 0.5) is 8.78 Å². The molecule has 0 amide bonds. The maximum absolute atomic E-state index is 13.5. The zero-order valence-electron chi connectivity index (χ0n) is 12.8. The molecule has 0 aliphatic carbocycles. The summed E-state index contributed by atoms with van der Waals surface area (Å²) in [6, 6.07) is 7.92. The number of nitrogens with one attached hydrogen (secondary N) is 2. The Bertz CT molecular complexity index is 598. The van der Waals surface area contributed by atoms with Crippen LogP contribution in [0.25, 0.3) is 0 Å². The van der Waals surface area contributed by atoms with E-state index in [0.717, 1.165) is 11.4 Å². The number of guanidine groups is 1. The molecule has 2 N–H and O–H groups in total. The topological polar surface area (TPSA) is 36.4 Å². The van der Waals surface area contributed by atoms with Crippen LogP contribution >= 0.6 is 35.3 Å². The van der Waals surface area contributed by atoms with Crippen molar-refractivity contribution in [2.75, 3.05) is 13.1 Å². The molecule has 126 valence electrons. The minimum Gasteiger partial charge on any atom is -0.357 e. The molecule has 3 nitrogen and oxygen atoms in total. The van der Waals surface area contributed by atoms with Crippen molar-refractivity contribution in [2.45, 2.75) is 19.9 Å². The van der Waals surface area contributed by atoms with E-state index in [-0.39, 0.29) is 36.0 Å². The number of thiophene rings is 1. The van der Waals surface area contributed by atoms with Gasteiger partial charge in [0, 0.05) is 23.5 Å². The summed E-state index contributed by atoms with van der Waals surface area (Å²) < 4.78 is 27.1. The van der Waals surface area contributed by atoms with E-state index in [1.54, 1.807) is 11.3 Å². The summed E-state index contributed by atoms with van der Waals surface area (Å²) in [6.07, 6.45) is 0.266. The van der Waals surface area contributed by atoms with E-state index in [2.05, 4.69) is 15.6 Å². The zero-order chi connectivity index (χ0) is 15.8. The smallest absolute Gasteiger partial charge is 0.191 e. The third kappa shape index (κ3) is 6.42. The predicted molar refractivity (Wildman–Crippen MR) is 103 cm³/mol. The second kappa shape index (κ2) is 10.5. The summed E-state index contributed by atoms with van der Waals surface area (Å²) in [7, 11) is 0. The van der Waals surface area contributed by atoms with Crippen LogP contribution < -0.4 is 10.6 Å². The minimum atomic E-state index is -0.512. The molecular weight excluding hydrogens is 431 g/mol. The molecule has 1 aromatic carbocycles. The van der Waals surface area contributed by atoms with Gasteiger partial charge in [-0.05, 0) is 36.9 Å². The summed E-state index contributed by atoms with van der Waals surface area (Å²) in [4.78, 5) is 5.61. The molecule has 0 saturated carbocycles. The van der Waals surface area contributed by atoms with E-state index >= 15 is 0 Å². The van der Waals surface area contributed by atoms with Gasteiger partial charge in [-0.25, -0.2) is 13.8 Å². The fourth-order valence-corrected chi connectivity index (χ4v) is 2.61. The quantitative estimate of drug-likeness (QED) is 0.397. The fourth-order valence-electron chi connectivity index (χ4n) is 1.98. The van der Waals surface area contributed by atoms with Gasteiger partial charge < -0.3 is 10.6 Å². The molecule has 0 spiro atoms. The fraction of sp³-hybridized carbons (Fsp3) is 0.312. The highest BCUT2D eigenvalue weighted by molar-refractivity contribution is 14.0. The van der Waals surface area contributed by atoms with E-state index in [4.69, 9.17) is 0 Å². The van der Waals surface area contributed by atoms with Crippen molar-refractivity contribution in [3.63, 3.8) is 0 Å². The standard InChI is InChI=1S/C16H19F2N3S.HI/c1-2-19-16(21-11-12-5-4-10-22-12)20-9-8-13-14(17)6-3-7-15(13)18;/h3-7,10H,2,8-9,11H2,1H3,(H2,19,20,21);1H. The first-order valence-corrected chi connectivity index (χ1v) is 8.06. The molecule has 0 saturated heterocycles. The molecule has 0 atom stereocenters. The van der Waals surface area contributed by atoms with Gasteiger partial charge in [-0.15, -0.1) is 35.3 Å². The van der Waals surface area contributed by atoms with Crippen molar-refractivity contribution in [3.8, 4) is 0 Å². The van der Waals surface area contributed by atoms with E-state index < -0.39 is 11.6 Å². The van der Waals surface area contributed by atoms with Gasteiger partial charge in [-0.3, -0.25) is 0 Å². The van der Waals surface area contributed by atoms with Crippen LogP contribution in [0.3, 0.4) is 0 Å². The lowest BCUT2D eigenvalue weighted by molar-refractivity contribution is 0.553. The summed E-state index contributed by atoms with van der Waals surface area (Å²) in [5.74, 6) is -0.378. The Hall–Kier alpha value is -1.22. The molecule has 2 aromatic rings. The molecule has 1 heterocycles. The third-order valence-corrected chi connectivity index (χ3v) is 3.91. The van der Waals surface area contributed by atoms with Crippen molar-refractivity contribution in [3.05, 3.63) is 57.8 Å². The van der Waals surface area contributed by atoms with Crippen molar-refractivity contribution in [1.82, 2.24) is 10.6 Å². The van der Waals surface area contributed by atoms with Gasteiger partial charge >= 0.3 is 0 Å². The SMILES string of the molecule is CCNC(=NCc1cccs1)NCCc1c(F)cccc1F.I. The summed E-state index contributed by atoms with van der Waals surface area (Å²) in [5.41, 5.74) is 0.101. The van der Waals surface area contributed by atoms with Crippen LogP contribution in [0.5, 0.6) is 0 Å². The summed E-state index contributed by atoms with van der Waals surface area (Å²) in [5, 5.41) is 8.22. The number of halogens is 3. The summed E-state index contributed by atoms with van der Waals surface area (Å²) in [6.45, 7) is 3.69. The zero-order valence-corrected chi connectivity index (χ0v) is 16.0. The second-order valence-corrected chi connectivity index (χ2v) is 5.68. The van der Waals surface area contributed by atoms with E-state index in [0.29, 0.717) is 19.0 Å². The first-order valence-electron chi connectivity index (χ1n) is 7.18. The Balaban J connectivity index is 0.00000264. The number of nitrogens with zero attached hydrogens (tertiary/aromatic N) is 1. The Morgan fingerprint density at radius 2 is 1.87 bits per heavy atom. The van der Waals surface area contributed by atoms with Crippen LogP contribution in [0.2, 0.25) is 0 Å². The van der Waals surface area contributed by atoms with Gasteiger partial charge in [-0.1, -0.05) is 12.1 Å². The van der Waals surface area contributed by atoms with E-state index in [9.17, 15) is 8.78 Å². The van der Waals surface area contributed by atoms with Gasteiger partial charge in [0.25, 0.3) is 0 Å². The molecule has 0 unspecified atom stereocenters. The van der Waals surface area contributed by atoms with Gasteiger partial charge in [0.2, 0.25) is 0 Å². The van der Waals surface area contributed by atoms with Crippen LogP contribution in [-0.2, 0) is 13.0 Å².